The van der Waals surface area contributed by atoms with Gasteiger partial charge in [-0.1, -0.05) is 0 Å². The summed E-state index contributed by atoms with van der Waals surface area (Å²) in [5, 5.41) is 4.39. The molecule has 1 rings (SSSR count). The Kier molecular flexibility index (Phi) is 5.15. The van der Waals surface area contributed by atoms with Crippen molar-refractivity contribution < 1.29 is 13.2 Å². The number of hydrogen-bond donors (Lipinski definition) is 2. The van der Waals surface area contributed by atoms with Gasteiger partial charge in [-0.25, -0.2) is 13.1 Å². The summed E-state index contributed by atoms with van der Waals surface area (Å²) in [6.07, 6.45) is 1.08. The van der Waals surface area contributed by atoms with Crippen LogP contribution in [0.3, 0.4) is 0 Å². The van der Waals surface area contributed by atoms with Crippen molar-refractivity contribution in [2.24, 2.45) is 0 Å². The van der Waals surface area contributed by atoms with Crippen molar-refractivity contribution in [3.8, 4) is 0 Å². The third-order valence-corrected chi connectivity index (χ3v) is 4.12. The van der Waals surface area contributed by atoms with Crippen molar-refractivity contribution in [3.05, 3.63) is 19.9 Å². The molecule has 1 heterocycles. The minimum absolute atomic E-state index is 0.186. The molecule has 0 radical (unpaired) electrons. The molecule has 0 unspecified atom stereocenters. The Morgan fingerprint density at radius 3 is 2.69 bits per heavy atom. The summed E-state index contributed by atoms with van der Waals surface area (Å²) < 4.78 is 24.8. The van der Waals surface area contributed by atoms with Crippen LogP contribution in [0.4, 0.5) is 0 Å². The summed E-state index contributed by atoms with van der Waals surface area (Å²) in [4.78, 5) is 11.5. The molecule has 8 heteroatoms. The smallest absolute Gasteiger partial charge is 0.252 e. The zero-order valence-corrected chi connectivity index (χ0v) is 12.3. The van der Waals surface area contributed by atoms with Crippen LogP contribution in [0.2, 0.25) is 0 Å². The van der Waals surface area contributed by atoms with E-state index >= 15 is 0 Å². The Hall–Kier alpha value is -0.190. The number of sulfonamides is 1. The number of hydrogen-bond acceptors (Lipinski definition) is 4. The first-order valence-corrected chi connectivity index (χ1v) is 8.20. The van der Waals surface area contributed by atoms with Gasteiger partial charge in [-0.3, -0.25) is 4.79 Å². The molecule has 0 saturated heterocycles. The van der Waals surface area contributed by atoms with Gasteiger partial charge in [0.25, 0.3) is 5.91 Å². The van der Waals surface area contributed by atoms with E-state index in [0.29, 0.717) is 5.56 Å². The summed E-state index contributed by atoms with van der Waals surface area (Å²) in [7, 11) is -3.18. The predicted molar refractivity (Wildman–Crippen MR) is 72.2 cm³/mol. The molecule has 0 aliphatic carbocycles. The zero-order valence-electron chi connectivity index (χ0n) is 8.49. The summed E-state index contributed by atoms with van der Waals surface area (Å²) in [5.41, 5.74) is 0.605. The second kappa shape index (κ2) is 5.94. The Balaban J connectivity index is 2.31. The molecule has 0 bridgehead atoms. The fourth-order valence-electron chi connectivity index (χ4n) is 0.944. The van der Waals surface area contributed by atoms with Gasteiger partial charge in [-0.05, 0) is 28.7 Å². The molecule has 0 aromatic carbocycles. The minimum atomic E-state index is -3.18. The van der Waals surface area contributed by atoms with Gasteiger partial charge in [0.2, 0.25) is 10.0 Å². The van der Waals surface area contributed by atoms with Crippen molar-refractivity contribution in [2.75, 3.05) is 19.3 Å². The van der Waals surface area contributed by atoms with E-state index in [1.54, 1.807) is 11.4 Å². The standard InChI is InChI=1S/C8H11IN2O3S2/c1-16(13,14)11-3-2-10-8(12)6-4-7(9)15-5-6/h4-5,11H,2-3H2,1H3,(H,10,12). The Morgan fingerprint density at radius 2 is 2.19 bits per heavy atom. The number of amides is 1. The molecule has 0 spiro atoms. The summed E-state index contributed by atoms with van der Waals surface area (Å²) in [5.74, 6) is -0.186. The van der Waals surface area contributed by atoms with Crippen LogP contribution < -0.4 is 10.0 Å². The topological polar surface area (TPSA) is 75.3 Å². The highest BCUT2D eigenvalue weighted by molar-refractivity contribution is 14.1. The maximum Gasteiger partial charge on any atom is 0.252 e. The van der Waals surface area contributed by atoms with Crippen molar-refractivity contribution >= 4 is 49.9 Å². The number of carbonyl (C=O) groups excluding carboxylic acids is 1. The van der Waals surface area contributed by atoms with E-state index in [0.717, 1.165) is 9.14 Å². The molecule has 0 aliphatic rings. The highest BCUT2D eigenvalue weighted by Crippen LogP contribution is 2.16. The summed E-state index contributed by atoms with van der Waals surface area (Å²) >= 11 is 3.63. The van der Waals surface area contributed by atoms with Crippen LogP contribution in [0, 0.1) is 2.88 Å². The van der Waals surface area contributed by atoms with E-state index in [4.69, 9.17) is 0 Å². The molecule has 0 saturated carbocycles. The largest absolute Gasteiger partial charge is 0.351 e. The molecule has 1 aromatic heterocycles. The summed E-state index contributed by atoms with van der Waals surface area (Å²) in [6, 6.07) is 1.78. The average Bonchev–Trinajstić information content (AvgIpc) is 2.57. The number of thiophene rings is 1. The minimum Gasteiger partial charge on any atom is -0.351 e. The number of halogens is 1. The molecule has 16 heavy (non-hydrogen) atoms. The number of carbonyl (C=O) groups is 1. The van der Waals surface area contributed by atoms with Crippen LogP contribution in [0.25, 0.3) is 0 Å². The van der Waals surface area contributed by atoms with E-state index in [9.17, 15) is 13.2 Å². The lowest BCUT2D eigenvalue weighted by molar-refractivity contribution is 0.0955. The van der Waals surface area contributed by atoms with Crippen LogP contribution in [0.1, 0.15) is 10.4 Å². The summed E-state index contributed by atoms with van der Waals surface area (Å²) in [6.45, 7) is 0.476. The van der Waals surface area contributed by atoms with Gasteiger partial charge in [0.15, 0.2) is 0 Å². The van der Waals surface area contributed by atoms with Crippen molar-refractivity contribution in [1.82, 2.24) is 10.0 Å². The monoisotopic (exact) mass is 374 g/mol. The molecule has 0 atom stereocenters. The fourth-order valence-corrected chi connectivity index (χ4v) is 2.74. The molecule has 1 amide bonds. The maximum atomic E-state index is 11.5. The lowest BCUT2D eigenvalue weighted by Crippen LogP contribution is -2.34. The quantitative estimate of drug-likeness (QED) is 0.587. The van der Waals surface area contributed by atoms with Gasteiger partial charge in [0.05, 0.1) is 14.7 Å². The van der Waals surface area contributed by atoms with Gasteiger partial charge in [0.1, 0.15) is 0 Å². The molecule has 0 aliphatic heterocycles. The third-order valence-electron chi connectivity index (χ3n) is 1.60. The van der Waals surface area contributed by atoms with Crippen LogP contribution in [-0.4, -0.2) is 33.7 Å². The van der Waals surface area contributed by atoms with Gasteiger partial charge in [-0.2, -0.15) is 0 Å². The molecule has 2 N–H and O–H groups in total. The van der Waals surface area contributed by atoms with E-state index in [1.807, 2.05) is 0 Å². The SMILES string of the molecule is CS(=O)(=O)NCCNC(=O)c1csc(I)c1. The molecule has 0 fully saturated rings. The second-order valence-corrected chi connectivity index (χ2v) is 7.70. The lowest BCUT2D eigenvalue weighted by atomic mass is 10.3. The Bertz CT molecular complexity index is 469. The number of nitrogens with one attached hydrogen (secondary N) is 2. The zero-order chi connectivity index (χ0) is 12.2. The highest BCUT2D eigenvalue weighted by atomic mass is 127. The van der Waals surface area contributed by atoms with Crippen LogP contribution >= 0.6 is 33.9 Å². The Morgan fingerprint density at radius 1 is 1.50 bits per heavy atom. The van der Waals surface area contributed by atoms with E-state index in [2.05, 4.69) is 32.6 Å². The normalized spacial score (nSPS) is 11.4. The van der Waals surface area contributed by atoms with E-state index in [1.165, 1.54) is 11.3 Å². The first-order chi connectivity index (χ1) is 7.38. The van der Waals surface area contributed by atoms with Crippen molar-refractivity contribution in [2.45, 2.75) is 0 Å². The highest BCUT2D eigenvalue weighted by Gasteiger charge is 2.07. The van der Waals surface area contributed by atoms with E-state index in [-0.39, 0.29) is 19.0 Å². The molecular formula is C8H11IN2O3S2. The third kappa shape index (κ3) is 5.23. The predicted octanol–water partition coefficient (Wildman–Crippen LogP) is 0.632. The van der Waals surface area contributed by atoms with Gasteiger partial charge in [-0.15, -0.1) is 11.3 Å². The first-order valence-electron chi connectivity index (χ1n) is 4.35. The first kappa shape index (κ1) is 13.9. The molecule has 90 valence electrons. The van der Waals surface area contributed by atoms with Crippen LogP contribution in [0.5, 0.6) is 0 Å². The second-order valence-electron chi connectivity index (χ2n) is 3.06. The lowest BCUT2D eigenvalue weighted by Gasteiger charge is -2.03. The average molecular weight is 374 g/mol. The maximum absolute atomic E-state index is 11.5. The van der Waals surface area contributed by atoms with E-state index < -0.39 is 10.0 Å². The van der Waals surface area contributed by atoms with Gasteiger partial charge >= 0.3 is 0 Å². The Labute approximate surface area is 112 Å². The number of rotatable bonds is 5. The van der Waals surface area contributed by atoms with Gasteiger partial charge in [0, 0.05) is 18.5 Å². The van der Waals surface area contributed by atoms with Gasteiger partial charge < -0.3 is 5.32 Å². The van der Waals surface area contributed by atoms with Crippen LogP contribution in [-0.2, 0) is 10.0 Å². The fraction of sp³-hybridized carbons (Fsp3) is 0.375. The van der Waals surface area contributed by atoms with Crippen LogP contribution in [0.15, 0.2) is 11.4 Å². The molecule has 1 aromatic rings. The van der Waals surface area contributed by atoms with Crippen molar-refractivity contribution in [1.29, 1.82) is 0 Å². The molecular weight excluding hydrogens is 363 g/mol. The van der Waals surface area contributed by atoms with Crippen molar-refractivity contribution in [3.63, 3.8) is 0 Å². The molecule has 5 nitrogen and oxygen atoms in total.